The Bertz CT molecular complexity index is 1310. The Balaban J connectivity index is 2.32. The van der Waals surface area contributed by atoms with Crippen LogP contribution in [0.4, 0.5) is 0 Å². The topological polar surface area (TPSA) is 135 Å². The molecule has 0 aromatic heterocycles. The van der Waals surface area contributed by atoms with Crippen molar-refractivity contribution in [2.75, 3.05) is 26.4 Å². The molecule has 9 heteroatoms. The molecule has 1 heterocycles. The Labute approximate surface area is 376 Å². The first-order valence-corrected chi connectivity index (χ1v) is 24.0. The zero-order chi connectivity index (χ0) is 45.0. The van der Waals surface area contributed by atoms with Gasteiger partial charge in [-0.15, -0.1) is 0 Å². The van der Waals surface area contributed by atoms with Gasteiger partial charge in [0.1, 0.15) is 30.5 Å². The third kappa shape index (κ3) is 33.4. The normalized spacial score (nSPS) is 20.8. The fourth-order valence-electron chi connectivity index (χ4n) is 6.45. The van der Waals surface area contributed by atoms with Gasteiger partial charge >= 0.3 is 5.97 Å². The molecule has 352 valence electrons. The van der Waals surface area contributed by atoms with E-state index in [-0.39, 0.29) is 25.6 Å². The largest absolute Gasteiger partial charge is 0.457 e. The minimum Gasteiger partial charge on any atom is -0.457 e. The summed E-state index contributed by atoms with van der Waals surface area (Å²) in [5.41, 5.74) is 0. The van der Waals surface area contributed by atoms with Gasteiger partial charge in [-0.25, -0.2) is 0 Å². The number of unbranched alkanes of at least 4 members (excludes halogenated alkanes) is 10. The van der Waals surface area contributed by atoms with Crippen molar-refractivity contribution in [3.63, 3.8) is 0 Å². The maximum Gasteiger partial charge on any atom is 0.306 e. The molecule has 0 aliphatic carbocycles. The first kappa shape index (κ1) is 56.9. The summed E-state index contributed by atoms with van der Waals surface area (Å²) in [6.45, 7) is 4.30. The van der Waals surface area contributed by atoms with Crippen LogP contribution >= 0.6 is 0 Å². The number of allylic oxidation sites excluding steroid dienone is 18. The first-order chi connectivity index (χ1) is 30.4. The van der Waals surface area contributed by atoms with Crippen molar-refractivity contribution >= 4 is 5.97 Å². The van der Waals surface area contributed by atoms with Crippen LogP contribution in [-0.4, -0.2) is 89.6 Å². The Hall–Kier alpha value is -3.15. The molecule has 0 radical (unpaired) electrons. The number of ether oxygens (including phenoxy) is 4. The second kappa shape index (κ2) is 43.1. The lowest BCUT2D eigenvalue weighted by molar-refractivity contribution is -0.305. The molecule has 4 N–H and O–H groups in total. The lowest BCUT2D eigenvalue weighted by atomic mass is 9.99. The monoisotopic (exact) mass is 867 g/mol. The third-order valence-corrected chi connectivity index (χ3v) is 10.2. The van der Waals surface area contributed by atoms with Crippen LogP contribution in [0.1, 0.15) is 155 Å². The molecule has 0 amide bonds. The molecule has 1 rings (SSSR count). The van der Waals surface area contributed by atoms with Crippen molar-refractivity contribution in [3.05, 3.63) is 109 Å². The van der Waals surface area contributed by atoms with Gasteiger partial charge in [0.15, 0.2) is 6.29 Å². The number of aliphatic hydroxyl groups excluding tert-OH is 4. The highest BCUT2D eigenvalue weighted by atomic mass is 16.7. The first-order valence-electron chi connectivity index (χ1n) is 24.0. The minimum atomic E-state index is -1.56. The van der Waals surface area contributed by atoms with Gasteiger partial charge < -0.3 is 39.4 Å². The fraction of sp³-hybridized carbons (Fsp3) is 0.642. The van der Waals surface area contributed by atoms with Crippen LogP contribution in [0.2, 0.25) is 0 Å². The molecule has 1 aliphatic heterocycles. The van der Waals surface area contributed by atoms with E-state index in [1.165, 1.54) is 44.9 Å². The van der Waals surface area contributed by atoms with Crippen molar-refractivity contribution in [1.29, 1.82) is 0 Å². The highest BCUT2D eigenvalue weighted by molar-refractivity contribution is 5.69. The van der Waals surface area contributed by atoms with E-state index < -0.39 is 43.4 Å². The van der Waals surface area contributed by atoms with Crippen molar-refractivity contribution < 1.29 is 44.2 Å². The SMILES string of the molecule is CC/C=C\C/C=C\C/C=C\C/C=C\C/C=C\C/C=C\C/C=C\CCCC(=O)OC(COCCCCCCCC/C=C\C/C=C\CCCCC)COC1OC(CO)C(O)C(O)C1O. The number of aliphatic hydroxyl groups is 4. The van der Waals surface area contributed by atoms with Gasteiger partial charge in [0.2, 0.25) is 0 Å². The summed E-state index contributed by atoms with van der Waals surface area (Å²) in [4.78, 5) is 12.8. The van der Waals surface area contributed by atoms with Gasteiger partial charge in [-0.3, -0.25) is 4.79 Å². The fourth-order valence-corrected chi connectivity index (χ4v) is 6.45. The van der Waals surface area contributed by atoms with Crippen molar-refractivity contribution in [2.24, 2.45) is 0 Å². The molecular formula is C53H86O9. The number of hydrogen-bond acceptors (Lipinski definition) is 9. The summed E-state index contributed by atoms with van der Waals surface area (Å²) in [5, 5.41) is 40.2. The van der Waals surface area contributed by atoms with Gasteiger partial charge in [0.05, 0.1) is 19.8 Å². The molecule has 0 saturated carbocycles. The van der Waals surface area contributed by atoms with Crippen LogP contribution in [0.25, 0.3) is 0 Å². The number of carbonyl (C=O) groups is 1. The maximum atomic E-state index is 12.8. The molecule has 0 spiro atoms. The quantitative estimate of drug-likeness (QED) is 0.0271. The average Bonchev–Trinajstić information content (AvgIpc) is 3.27. The summed E-state index contributed by atoms with van der Waals surface area (Å²) in [5.74, 6) is -0.380. The van der Waals surface area contributed by atoms with Gasteiger partial charge in [-0.2, -0.15) is 0 Å². The van der Waals surface area contributed by atoms with E-state index >= 15 is 0 Å². The summed E-state index contributed by atoms with van der Waals surface area (Å²) < 4.78 is 22.8. The van der Waals surface area contributed by atoms with Crippen molar-refractivity contribution in [1.82, 2.24) is 0 Å². The molecule has 0 aromatic rings. The highest BCUT2D eigenvalue weighted by Crippen LogP contribution is 2.22. The number of hydrogen-bond donors (Lipinski definition) is 4. The van der Waals surface area contributed by atoms with Gasteiger partial charge in [0.25, 0.3) is 0 Å². The smallest absolute Gasteiger partial charge is 0.306 e. The Morgan fingerprint density at radius 1 is 0.532 bits per heavy atom. The molecule has 1 aliphatic rings. The standard InChI is InChI=1S/C53H86O9/c1-3-5-7-9-11-13-15-17-19-21-22-23-24-25-26-27-28-30-32-34-36-38-40-42-49(55)61-47(46-60-53-52(58)51(57)50(56)48(44-54)62-53)45-59-43-41-39-37-35-33-31-29-20-18-16-14-12-10-8-6-4-2/h5,7,11-14,17-20,22-23,25-26,28,30,34,36,47-48,50-54,56-58H,3-4,6,8-10,15-16,21,24,27,29,31-33,35,37-46H2,1-2H3/b7-5-,13-11-,14-12-,19-17-,20-18-,23-22-,26-25-,30-28-,36-34-. The van der Waals surface area contributed by atoms with E-state index in [0.717, 1.165) is 83.5 Å². The summed E-state index contributed by atoms with van der Waals surface area (Å²) in [7, 11) is 0. The van der Waals surface area contributed by atoms with Crippen LogP contribution in [0, 0.1) is 0 Å². The highest BCUT2D eigenvalue weighted by Gasteiger charge is 2.44. The summed E-state index contributed by atoms with van der Waals surface area (Å²) >= 11 is 0. The average molecular weight is 867 g/mol. The predicted molar refractivity (Wildman–Crippen MR) is 256 cm³/mol. The van der Waals surface area contributed by atoms with Crippen LogP contribution in [-0.2, 0) is 23.7 Å². The van der Waals surface area contributed by atoms with Crippen molar-refractivity contribution in [3.8, 4) is 0 Å². The summed E-state index contributed by atoms with van der Waals surface area (Å²) in [6.07, 6.45) is 54.0. The third-order valence-electron chi connectivity index (χ3n) is 10.2. The van der Waals surface area contributed by atoms with E-state index in [9.17, 15) is 25.2 Å². The van der Waals surface area contributed by atoms with E-state index in [4.69, 9.17) is 18.9 Å². The van der Waals surface area contributed by atoms with E-state index in [0.29, 0.717) is 13.0 Å². The van der Waals surface area contributed by atoms with Gasteiger partial charge in [-0.1, -0.05) is 162 Å². The van der Waals surface area contributed by atoms with E-state index in [1.807, 2.05) is 0 Å². The molecule has 9 nitrogen and oxygen atoms in total. The number of carbonyl (C=O) groups excluding carboxylic acids is 1. The van der Waals surface area contributed by atoms with Crippen LogP contribution in [0.15, 0.2) is 109 Å². The Morgan fingerprint density at radius 3 is 1.48 bits per heavy atom. The maximum absolute atomic E-state index is 12.8. The zero-order valence-corrected chi connectivity index (χ0v) is 38.6. The van der Waals surface area contributed by atoms with Crippen molar-refractivity contribution in [2.45, 2.75) is 192 Å². The van der Waals surface area contributed by atoms with E-state index in [2.05, 4.69) is 123 Å². The molecule has 1 fully saturated rings. The molecule has 6 unspecified atom stereocenters. The zero-order valence-electron chi connectivity index (χ0n) is 38.6. The molecule has 1 saturated heterocycles. The Morgan fingerprint density at radius 2 is 0.984 bits per heavy atom. The molecule has 6 atom stereocenters. The molecule has 0 aromatic carbocycles. The lowest BCUT2D eigenvalue weighted by Gasteiger charge is -2.39. The number of esters is 1. The number of rotatable bonds is 39. The minimum absolute atomic E-state index is 0.106. The predicted octanol–water partition coefficient (Wildman–Crippen LogP) is 11.4. The lowest BCUT2D eigenvalue weighted by Crippen LogP contribution is -2.59. The van der Waals surface area contributed by atoms with E-state index in [1.54, 1.807) is 0 Å². The second-order valence-electron chi connectivity index (χ2n) is 15.8. The molecular weight excluding hydrogens is 781 g/mol. The molecule has 62 heavy (non-hydrogen) atoms. The Kier molecular flexibility index (Phi) is 39.5. The van der Waals surface area contributed by atoms with Gasteiger partial charge in [0, 0.05) is 13.0 Å². The second-order valence-corrected chi connectivity index (χ2v) is 15.8. The van der Waals surface area contributed by atoms with Crippen LogP contribution < -0.4 is 0 Å². The van der Waals surface area contributed by atoms with Crippen LogP contribution in [0.5, 0.6) is 0 Å². The summed E-state index contributed by atoms with van der Waals surface area (Å²) in [6, 6.07) is 0. The van der Waals surface area contributed by atoms with Gasteiger partial charge in [-0.05, 0) is 96.3 Å². The van der Waals surface area contributed by atoms with Crippen LogP contribution in [0.3, 0.4) is 0 Å². The molecule has 0 bridgehead atoms.